The van der Waals surface area contributed by atoms with Gasteiger partial charge in [0.25, 0.3) is 5.76 Å². The molecule has 0 radical (unpaired) electrons. The number of anilines is 1. The smallest absolute Gasteiger partial charge is 0.288 e. The molecule has 0 amide bonds. The first-order chi connectivity index (χ1) is 8.16. The van der Waals surface area contributed by atoms with Crippen molar-refractivity contribution in [1.82, 2.24) is 0 Å². The van der Waals surface area contributed by atoms with Crippen LogP contribution >= 0.6 is 11.8 Å². The summed E-state index contributed by atoms with van der Waals surface area (Å²) in [5.74, 6) is -2.42. The van der Waals surface area contributed by atoms with Crippen molar-refractivity contribution in [2.24, 2.45) is 0 Å². The highest BCUT2D eigenvalue weighted by atomic mass is 32.2. The van der Waals surface area contributed by atoms with Crippen molar-refractivity contribution in [3.8, 4) is 0 Å². The van der Waals surface area contributed by atoms with Crippen molar-refractivity contribution >= 4 is 17.4 Å². The molecule has 94 valence electrons. The summed E-state index contributed by atoms with van der Waals surface area (Å²) in [6.45, 7) is 0. The average molecular weight is 259 g/mol. The van der Waals surface area contributed by atoms with E-state index in [0.717, 1.165) is 19.3 Å². The first-order valence-corrected chi connectivity index (χ1v) is 6.53. The van der Waals surface area contributed by atoms with Crippen molar-refractivity contribution in [2.75, 3.05) is 5.32 Å². The van der Waals surface area contributed by atoms with Crippen molar-refractivity contribution in [3.05, 3.63) is 24.3 Å². The Morgan fingerprint density at radius 2 is 2.06 bits per heavy atom. The van der Waals surface area contributed by atoms with E-state index in [4.69, 9.17) is 0 Å². The van der Waals surface area contributed by atoms with Crippen LogP contribution in [-0.2, 0) is 0 Å². The van der Waals surface area contributed by atoms with E-state index in [1.165, 1.54) is 0 Å². The highest BCUT2D eigenvalue weighted by Gasteiger charge is 2.25. The molecule has 1 aromatic carbocycles. The lowest BCUT2D eigenvalue weighted by molar-refractivity contribution is 0.171. The van der Waals surface area contributed by atoms with Crippen LogP contribution in [0.3, 0.4) is 0 Å². The molecule has 1 fully saturated rings. The second-order valence-corrected chi connectivity index (χ2v) is 5.16. The highest BCUT2D eigenvalue weighted by molar-refractivity contribution is 7.99. The van der Waals surface area contributed by atoms with Gasteiger partial charge in [0.15, 0.2) is 0 Å². The zero-order valence-electron chi connectivity index (χ0n) is 9.27. The van der Waals surface area contributed by atoms with Gasteiger partial charge in [0.1, 0.15) is 0 Å². The number of hydrogen-bond donors (Lipinski definition) is 2. The second kappa shape index (κ2) is 5.69. The Labute approximate surface area is 103 Å². The number of aliphatic hydroxyl groups is 1. The third-order valence-corrected chi connectivity index (χ3v) is 3.71. The van der Waals surface area contributed by atoms with Crippen LogP contribution in [0.25, 0.3) is 0 Å². The van der Waals surface area contributed by atoms with Gasteiger partial charge in [-0.1, -0.05) is 23.9 Å². The molecule has 2 rings (SSSR count). The number of rotatable bonds is 4. The lowest BCUT2D eigenvalue weighted by Gasteiger charge is -2.19. The third kappa shape index (κ3) is 3.33. The predicted molar refractivity (Wildman–Crippen MR) is 65.6 cm³/mol. The quantitative estimate of drug-likeness (QED) is 0.813. The van der Waals surface area contributed by atoms with Crippen molar-refractivity contribution in [2.45, 2.75) is 42.1 Å². The van der Waals surface area contributed by atoms with Crippen LogP contribution in [-0.4, -0.2) is 23.0 Å². The Balaban J connectivity index is 2.09. The van der Waals surface area contributed by atoms with Gasteiger partial charge < -0.3 is 10.4 Å². The number of hydrogen-bond acceptors (Lipinski definition) is 3. The Morgan fingerprint density at radius 3 is 2.71 bits per heavy atom. The second-order valence-electron chi connectivity index (χ2n) is 4.12. The van der Waals surface area contributed by atoms with E-state index in [1.54, 1.807) is 24.3 Å². The lowest BCUT2D eigenvalue weighted by Crippen LogP contribution is -2.28. The van der Waals surface area contributed by atoms with Gasteiger partial charge in [0.05, 0.1) is 12.1 Å². The molecule has 1 aromatic rings. The molecule has 2 nitrogen and oxygen atoms in total. The fraction of sp³-hybridized carbons (Fsp3) is 0.500. The van der Waals surface area contributed by atoms with E-state index >= 15 is 0 Å². The number of nitrogens with one attached hydrogen (secondary N) is 1. The van der Waals surface area contributed by atoms with Gasteiger partial charge in [-0.3, -0.25) is 0 Å². The van der Waals surface area contributed by atoms with E-state index in [0.29, 0.717) is 22.3 Å². The summed E-state index contributed by atoms with van der Waals surface area (Å²) >= 11 is 0.532. The molecule has 0 aliphatic heterocycles. The van der Waals surface area contributed by atoms with E-state index in [-0.39, 0.29) is 12.1 Å². The summed E-state index contributed by atoms with van der Waals surface area (Å²) in [5, 5.41) is 12.9. The third-order valence-electron chi connectivity index (χ3n) is 2.92. The van der Waals surface area contributed by atoms with Crippen LogP contribution in [0.1, 0.15) is 19.3 Å². The first kappa shape index (κ1) is 12.6. The Bertz CT molecular complexity index is 375. The number of halogens is 2. The summed E-state index contributed by atoms with van der Waals surface area (Å²) < 4.78 is 24.8. The summed E-state index contributed by atoms with van der Waals surface area (Å²) in [7, 11) is 0. The minimum atomic E-state index is -2.42. The summed E-state index contributed by atoms with van der Waals surface area (Å²) in [5.41, 5.74) is 0.684. The minimum Gasteiger partial charge on any atom is -0.391 e. The number of aliphatic hydroxyl groups excluding tert-OH is 1. The van der Waals surface area contributed by atoms with E-state index in [2.05, 4.69) is 5.32 Å². The largest absolute Gasteiger partial charge is 0.391 e. The molecule has 0 bridgehead atoms. The molecule has 17 heavy (non-hydrogen) atoms. The summed E-state index contributed by atoms with van der Waals surface area (Å²) in [6.07, 6.45) is 2.26. The van der Waals surface area contributed by atoms with Gasteiger partial charge in [-0.15, -0.1) is 0 Å². The van der Waals surface area contributed by atoms with Gasteiger partial charge >= 0.3 is 0 Å². The highest BCUT2D eigenvalue weighted by Crippen LogP contribution is 2.33. The molecule has 1 aliphatic rings. The van der Waals surface area contributed by atoms with Crippen molar-refractivity contribution < 1.29 is 13.9 Å². The van der Waals surface area contributed by atoms with Gasteiger partial charge in [0.2, 0.25) is 0 Å². The predicted octanol–water partition coefficient (Wildman–Crippen LogP) is 3.33. The lowest BCUT2D eigenvalue weighted by atomic mass is 10.2. The number of benzene rings is 1. The number of alkyl halides is 2. The molecular formula is C12H15F2NOS. The normalized spacial score (nSPS) is 24.2. The van der Waals surface area contributed by atoms with Gasteiger partial charge in [0, 0.05) is 10.6 Å². The molecule has 1 saturated carbocycles. The zero-order valence-corrected chi connectivity index (χ0v) is 10.1. The standard InChI is InChI=1S/C12H15F2NOS/c13-12(14)17-11-7-2-1-4-9(11)15-8-5-3-6-10(8)16/h1-2,4,7-8,10,12,15-16H,3,5-6H2/t8-,10-/m0/s1. The monoisotopic (exact) mass is 259 g/mol. The van der Waals surface area contributed by atoms with Crippen LogP contribution in [0.2, 0.25) is 0 Å². The zero-order chi connectivity index (χ0) is 12.3. The van der Waals surface area contributed by atoms with Crippen LogP contribution in [0.15, 0.2) is 29.2 Å². The molecule has 0 heterocycles. The molecule has 1 aliphatic carbocycles. The molecule has 0 aromatic heterocycles. The molecular weight excluding hydrogens is 244 g/mol. The SMILES string of the molecule is O[C@H]1CCC[C@@H]1Nc1ccccc1SC(F)F. The average Bonchev–Trinajstić information content (AvgIpc) is 2.67. The maximum absolute atomic E-state index is 12.4. The fourth-order valence-electron chi connectivity index (χ4n) is 2.09. The van der Waals surface area contributed by atoms with Gasteiger partial charge in [-0.05, 0) is 31.4 Å². The molecule has 2 atom stereocenters. The van der Waals surface area contributed by atoms with E-state index in [1.807, 2.05) is 0 Å². The van der Waals surface area contributed by atoms with Gasteiger partial charge in [-0.25, -0.2) is 0 Å². The summed E-state index contributed by atoms with van der Waals surface area (Å²) in [4.78, 5) is 0.529. The van der Waals surface area contributed by atoms with Crippen molar-refractivity contribution in [1.29, 1.82) is 0 Å². The van der Waals surface area contributed by atoms with Crippen LogP contribution < -0.4 is 5.32 Å². The summed E-state index contributed by atoms with van der Waals surface area (Å²) in [6, 6.07) is 6.96. The fourth-order valence-corrected chi connectivity index (χ4v) is 2.70. The first-order valence-electron chi connectivity index (χ1n) is 5.65. The molecule has 2 N–H and O–H groups in total. The van der Waals surface area contributed by atoms with Crippen LogP contribution in [0.4, 0.5) is 14.5 Å². The number of para-hydroxylation sites is 1. The Kier molecular flexibility index (Phi) is 4.23. The minimum absolute atomic E-state index is 0.0191. The molecule has 0 unspecified atom stereocenters. The van der Waals surface area contributed by atoms with Crippen LogP contribution in [0.5, 0.6) is 0 Å². The topological polar surface area (TPSA) is 32.3 Å². The maximum Gasteiger partial charge on any atom is 0.288 e. The Hall–Kier alpha value is -0.810. The number of thioether (sulfide) groups is 1. The molecule has 5 heteroatoms. The molecule has 0 spiro atoms. The molecule has 0 saturated heterocycles. The maximum atomic E-state index is 12.4. The Morgan fingerprint density at radius 1 is 1.29 bits per heavy atom. The van der Waals surface area contributed by atoms with E-state index in [9.17, 15) is 13.9 Å². The van der Waals surface area contributed by atoms with Gasteiger partial charge in [-0.2, -0.15) is 8.78 Å². The van der Waals surface area contributed by atoms with Crippen molar-refractivity contribution in [3.63, 3.8) is 0 Å². The van der Waals surface area contributed by atoms with Crippen LogP contribution in [0, 0.1) is 0 Å². The van der Waals surface area contributed by atoms with E-state index < -0.39 is 5.76 Å².